The Balaban J connectivity index is 2.78. The number of halogens is 1. The van der Waals surface area contributed by atoms with Crippen LogP contribution < -0.4 is 0 Å². The van der Waals surface area contributed by atoms with E-state index in [0.29, 0.717) is 0 Å². The van der Waals surface area contributed by atoms with Crippen molar-refractivity contribution in [3.63, 3.8) is 0 Å². The van der Waals surface area contributed by atoms with Gasteiger partial charge in [-0.05, 0) is 5.53 Å². The van der Waals surface area contributed by atoms with Crippen molar-refractivity contribution in [1.82, 2.24) is 0 Å². The highest BCUT2D eigenvalue weighted by Crippen LogP contribution is 2.26. The van der Waals surface area contributed by atoms with Gasteiger partial charge in [0, 0.05) is 4.91 Å². The number of rotatable bonds is 2. The van der Waals surface area contributed by atoms with Crippen LogP contribution in [0.5, 0.6) is 0 Å². The average molecular weight is 268 g/mol. The number of aliphatic hydroxyl groups excluding tert-OH is 3. The SMILES string of the molecule is [N-]=[N+]=N[C@H]1C(Br)O[C@H](CO)[C@H](O)[C@@H]1O. The molecule has 0 aliphatic carbocycles. The first kappa shape index (κ1) is 11.7. The molecule has 0 amide bonds. The van der Waals surface area contributed by atoms with Gasteiger partial charge in [0.15, 0.2) is 0 Å². The molecule has 0 aromatic heterocycles. The summed E-state index contributed by atoms with van der Waals surface area (Å²) in [7, 11) is 0. The molecule has 1 rings (SSSR count). The number of ether oxygens (including phenoxy) is 1. The van der Waals surface area contributed by atoms with Gasteiger partial charge in [-0.3, -0.25) is 0 Å². The predicted octanol–water partition coefficient (Wildman–Crippen LogP) is -0.501. The molecule has 1 fully saturated rings. The van der Waals surface area contributed by atoms with Crippen LogP contribution in [0, 0.1) is 0 Å². The number of hydrogen-bond acceptors (Lipinski definition) is 5. The number of azide groups is 1. The van der Waals surface area contributed by atoms with Crippen molar-refractivity contribution in [1.29, 1.82) is 0 Å². The van der Waals surface area contributed by atoms with Gasteiger partial charge in [0.25, 0.3) is 0 Å². The van der Waals surface area contributed by atoms with Gasteiger partial charge in [-0.25, -0.2) is 0 Å². The van der Waals surface area contributed by atoms with E-state index in [2.05, 4.69) is 26.0 Å². The second-order valence-electron chi connectivity index (χ2n) is 2.88. The Morgan fingerprint density at radius 3 is 2.57 bits per heavy atom. The van der Waals surface area contributed by atoms with Crippen LogP contribution in [0.2, 0.25) is 0 Å². The van der Waals surface area contributed by atoms with Crippen LogP contribution in [-0.2, 0) is 4.74 Å². The molecule has 0 saturated carbocycles. The minimum absolute atomic E-state index is 0.413. The summed E-state index contributed by atoms with van der Waals surface area (Å²) >= 11 is 3.04. The van der Waals surface area contributed by atoms with E-state index in [-0.39, 0.29) is 0 Å². The second kappa shape index (κ2) is 4.92. The molecule has 0 radical (unpaired) electrons. The molecule has 80 valence electrons. The van der Waals surface area contributed by atoms with E-state index in [1.165, 1.54) is 0 Å². The molecule has 0 aromatic carbocycles. The zero-order valence-corrected chi connectivity index (χ0v) is 8.65. The topological polar surface area (TPSA) is 119 Å². The molecule has 1 unspecified atom stereocenters. The Kier molecular flexibility index (Phi) is 4.11. The quantitative estimate of drug-likeness (QED) is 0.270. The van der Waals surface area contributed by atoms with E-state index in [9.17, 15) is 10.2 Å². The van der Waals surface area contributed by atoms with Gasteiger partial charge >= 0.3 is 0 Å². The van der Waals surface area contributed by atoms with Gasteiger partial charge in [0.2, 0.25) is 0 Å². The minimum atomic E-state index is -1.26. The van der Waals surface area contributed by atoms with Gasteiger partial charge in [-0.1, -0.05) is 21.0 Å². The van der Waals surface area contributed by atoms with Crippen molar-refractivity contribution in [3.05, 3.63) is 10.4 Å². The summed E-state index contributed by atoms with van der Waals surface area (Å²) in [6.45, 7) is -0.413. The van der Waals surface area contributed by atoms with Crippen molar-refractivity contribution >= 4 is 15.9 Å². The second-order valence-corrected chi connectivity index (χ2v) is 3.79. The van der Waals surface area contributed by atoms with Gasteiger partial charge < -0.3 is 20.1 Å². The Labute approximate surface area is 88.1 Å². The summed E-state index contributed by atoms with van der Waals surface area (Å²) in [5.41, 5.74) is 8.20. The fourth-order valence-electron chi connectivity index (χ4n) is 1.24. The summed E-state index contributed by atoms with van der Waals surface area (Å²) < 4.78 is 5.08. The smallest absolute Gasteiger partial charge is 0.124 e. The molecule has 1 aliphatic heterocycles. The standard InChI is InChI=1S/C6H10BrN3O4/c7-6-3(9-10-8)5(13)4(12)2(1-11)14-6/h2-6,11-13H,1H2/t2-,3-,4+,5-,6?/m1/s1. The normalized spacial score (nSPS) is 43.0. The van der Waals surface area contributed by atoms with Crippen LogP contribution >= 0.6 is 15.9 Å². The largest absolute Gasteiger partial charge is 0.394 e. The number of alkyl halides is 1. The lowest BCUT2D eigenvalue weighted by Crippen LogP contribution is -2.55. The summed E-state index contributed by atoms with van der Waals surface area (Å²) in [5.74, 6) is 0. The number of aliphatic hydroxyl groups is 3. The highest BCUT2D eigenvalue weighted by atomic mass is 79.9. The molecular formula is C6H10BrN3O4. The Morgan fingerprint density at radius 2 is 2.07 bits per heavy atom. The molecule has 1 aliphatic rings. The van der Waals surface area contributed by atoms with Crippen LogP contribution in [0.25, 0.3) is 10.4 Å². The zero-order chi connectivity index (χ0) is 10.7. The first-order chi connectivity index (χ1) is 6.61. The lowest BCUT2D eigenvalue weighted by molar-refractivity contribution is -0.164. The molecule has 0 bridgehead atoms. The molecular weight excluding hydrogens is 258 g/mol. The molecule has 5 atom stereocenters. The van der Waals surface area contributed by atoms with Crippen molar-refractivity contribution < 1.29 is 20.1 Å². The molecule has 7 nitrogen and oxygen atoms in total. The van der Waals surface area contributed by atoms with Crippen LogP contribution in [-0.4, -0.2) is 51.3 Å². The first-order valence-electron chi connectivity index (χ1n) is 3.92. The van der Waals surface area contributed by atoms with Gasteiger partial charge in [0.1, 0.15) is 23.3 Å². The minimum Gasteiger partial charge on any atom is -0.394 e. The van der Waals surface area contributed by atoms with E-state index in [1.54, 1.807) is 0 Å². The van der Waals surface area contributed by atoms with Gasteiger partial charge in [0.05, 0.1) is 12.7 Å². The van der Waals surface area contributed by atoms with Crippen LogP contribution in [0.4, 0.5) is 0 Å². The third kappa shape index (κ3) is 2.17. The molecule has 0 spiro atoms. The third-order valence-corrected chi connectivity index (χ3v) is 2.78. The monoisotopic (exact) mass is 267 g/mol. The Hall–Kier alpha value is -0.370. The van der Waals surface area contributed by atoms with Gasteiger partial charge in [-0.15, -0.1) is 0 Å². The van der Waals surface area contributed by atoms with Gasteiger partial charge in [-0.2, -0.15) is 0 Å². The maximum Gasteiger partial charge on any atom is 0.124 e. The maximum atomic E-state index is 9.50. The fourth-order valence-corrected chi connectivity index (χ4v) is 1.93. The molecule has 0 aromatic rings. The molecule has 1 saturated heterocycles. The number of hydrogen-bond donors (Lipinski definition) is 3. The van der Waals surface area contributed by atoms with E-state index in [4.69, 9.17) is 15.4 Å². The average Bonchev–Trinajstić information content (AvgIpc) is 2.18. The van der Waals surface area contributed by atoms with Crippen molar-refractivity contribution in [2.45, 2.75) is 29.4 Å². The van der Waals surface area contributed by atoms with Crippen molar-refractivity contribution in [2.75, 3.05) is 6.61 Å². The van der Waals surface area contributed by atoms with Crippen LogP contribution in [0.3, 0.4) is 0 Å². The van der Waals surface area contributed by atoms with Crippen LogP contribution in [0.15, 0.2) is 5.11 Å². The lowest BCUT2D eigenvalue weighted by Gasteiger charge is -2.38. The molecule has 3 N–H and O–H groups in total. The summed E-state index contributed by atoms with van der Waals surface area (Å²) in [6, 6.07) is -0.905. The van der Waals surface area contributed by atoms with E-state index < -0.39 is 36.0 Å². The number of nitrogens with zero attached hydrogens (tertiary/aromatic N) is 3. The fraction of sp³-hybridized carbons (Fsp3) is 1.00. The highest BCUT2D eigenvalue weighted by molar-refractivity contribution is 9.09. The third-order valence-electron chi connectivity index (χ3n) is 2.02. The van der Waals surface area contributed by atoms with Crippen molar-refractivity contribution in [3.8, 4) is 0 Å². The molecule has 14 heavy (non-hydrogen) atoms. The van der Waals surface area contributed by atoms with Crippen molar-refractivity contribution in [2.24, 2.45) is 5.11 Å². The maximum absolute atomic E-state index is 9.50. The van der Waals surface area contributed by atoms with Crippen LogP contribution in [0.1, 0.15) is 0 Å². The first-order valence-corrected chi connectivity index (χ1v) is 4.84. The Morgan fingerprint density at radius 1 is 1.43 bits per heavy atom. The van der Waals surface area contributed by atoms with E-state index in [0.717, 1.165) is 0 Å². The summed E-state index contributed by atoms with van der Waals surface area (Å²) in [4.78, 5) is 2.53. The highest BCUT2D eigenvalue weighted by Gasteiger charge is 2.42. The summed E-state index contributed by atoms with van der Waals surface area (Å²) in [5, 5.41) is 30.3. The van der Waals surface area contributed by atoms with E-state index >= 15 is 0 Å². The lowest BCUT2D eigenvalue weighted by atomic mass is 9.99. The zero-order valence-electron chi connectivity index (χ0n) is 7.06. The Bertz CT molecular complexity index is 247. The molecule has 1 heterocycles. The summed E-state index contributed by atoms with van der Waals surface area (Å²) in [6.07, 6.45) is -3.38. The van der Waals surface area contributed by atoms with E-state index in [1.807, 2.05) is 0 Å². The molecule has 8 heteroatoms. The predicted molar refractivity (Wildman–Crippen MR) is 49.6 cm³/mol.